The highest BCUT2D eigenvalue weighted by molar-refractivity contribution is 7.90. The van der Waals surface area contributed by atoms with Gasteiger partial charge in [-0.1, -0.05) is 13.0 Å². The molecule has 1 fully saturated rings. The average molecular weight is 284 g/mol. The van der Waals surface area contributed by atoms with E-state index in [1.807, 2.05) is 6.92 Å². The van der Waals surface area contributed by atoms with Crippen LogP contribution in [0.3, 0.4) is 0 Å². The molecule has 5 nitrogen and oxygen atoms in total. The predicted molar refractivity (Wildman–Crippen MR) is 75.4 cm³/mol. The standard InChI is InChI=1S/C13H20N2O3S/c1-10-5-7-15(8-6-10)19(17,18)14-12-9-11(2)3-4-13(12)16/h3-4,9-10,14,16H,5-8H2,1-2H3. The molecule has 1 aliphatic rings. The maximum absolute atomic E-state index is 12.2. The van der Waals surface area contributed by atoms with Crippen molar-refractivity contribution in [2.24, 2.45) is 5.92 Å². The van der Waals surface area contributed by atoms with Crippen LogP contribution in [0.25, 0.3) is 0 Å². The van der Waals surface area contributed by atoms with Gasteiger partial charge in [0, 0.05) is 13.1 Å². The fourth-order valence-electron chi connectivity index (χ4n) is 2.16. The van der Waals surface area contributed by atoms with E-state index in [0.29, 0.717) is 19.0 Å². The topological polar surface area (TPSA) is 69.6 Å². The van der Waals surface area contributed by atoms with Crippen LogP contribution >= 0.6 is 0 Å². The lowest BCUT2D eigenvalue weighted by Crippen LogP contribution is -2.41. The minimum atomic E-state index is -3.58. The molecule has 0 saturated carbocycles. The number of piperidine rings is 1. The lowest BCUT2D eigenvalue weighted by molar-refractivity contribution is 0.289. The summed E-state index contributed by atoms with van der Waals surface area (Å²) < 4.78 is 28.4. The van der Waals surface area contributed by atoms with Crippen LogP contribution in [0.15, 0.2) is 18.2 Å². The first-order valence-corrected chi connectivity index (χ1v) is 7.90. The molecular weight excluding hydrogens is 264 g/mol. The van der Waals surface area contributed by atoms with Crippen LogP contribution in [0.4, 0.5) is 5.69 Å². The highest BCUT2D eigenvalue weighted by Gasteiger charge is 2.26. The van der Waals surface area contributed by atoms with Crippen LogP contribution < -0.4 is 4.72 Å². The van der Waals surface area contributed by atoms with Gasteiger partial charge in [0.2, 0.25) is 0 Å². The third-order valence-electron chi connectivity index (χ3n) is 3.47. The van der Waals surface area contributed by atoms with Crippen molar-refractivity contribution in [2.75, 3.05) is 17.8 Å². The summed E-state index contributed by atoms with van der Waals surface area (Å²) in [6.45, 7) is 5.04. The maximum Gasteiger partial charge on any atom is 0.301 e. The number of nitrogens with one attached hydrogen (secondary N) is 1. The Bertz CT molecular complexity index is 549. The molecule has 19 heavy (non-hydrogen) atoms. The zero-order chi connectivity index (χ0) is 14.0. The van der Waals surface area contributed by atoms with Gasteiger partial charge >= 0.3 is 10.2 Å². The fourth-order valence-corrected chi connectivity index (χ4v) is 3.42. The van der Waals surface area contributed by atoms with Crippen molar-refractivity contribution in [3.8, 4) is 5.75 Å². The molecule has 1 aromatic rings. The summed E-state index contributed by atoms with van der Waals surface area (Å²) in [5.41, 5.74) is 1.13. The summed E-state index contributed by atoms with van der Waals surface area (Å²) in [6.07, 6.45) is 1.75. The number of phenols is 1. The SMILES string of the molecule is Cc1ccc(O)c(NS(=O)(=O)N2CCC(C)CC2)c1. The Morgan fingerprint density at radius 1 is 1.32 bits per heavy atom. The minimum Gasteiger partial charge on any atom is -0.506 e. The molecule has 1 heterocycles. The molecule has 1 aliphatic heterocycles. The van der Waals surface area contributed by atoms with Crippen LogP contribution in [0.1, 0.15) is 25.3 Å². The Balaban J connectivity index is 2.15. The highest BCUT2D eigenvalue weighted by atomic mass is 32.2. The smallest absolute Gasteiger partial charge is 0.301 e. The Morgan fingerprint density at radius 2 is 1.95 bits per heavy atom. The second kappa shape index (κ2) is 5.38. The molecule has 0 spiro atoms. The van der Waals surface area contributed by atoms with Crippen LogP contribution in [0, 0.1) is 12.8 Å². The van der Waals surface area contributed by atoms with E-state index >= 15 is 0 Å². The van der Waals surface area contributed by atoms with E-state index in [1.165, 1.54) is 10.4 Å². The van der Waals surface area contributed by atoms with E-state index in [2.05, 4.69) is 11.6 Å². The molecule has 0 atom stereocenters. The van der Waals surface area contributed by atoms with Crippen LogP contribution in [0.5, 0.6) is 5.75 Å². The third-order valence-corrected chi connectivity index (χ3v) is 5.00. The monoisotopic (exact) mass is 284 g/mol. The Hall–Kier alpha value is -1.27. The summed E-state index contributed by atoms with van der Waals surface area (Å²) in [4.78, 5) is 0. The van der Waals surface area contributed by atoms with Crippen molar-refractivity contribution in [3.05, 3.63) is 23.8 Å². The zero-order valence-electron chi connectivity index (χ0n) is 11.3. The highest BCUT2D eigenvalue weighted by Crippen LogP contribution is 2.27. The van der Waals surface area contributed by atoms with Gasteiger partial charge in [-0.15, -0.1) is 0 Å². The van der Waals surface area contributed by atoms with Gasteiger partial charge in [0.05, 0.1) is 5.69 Å². The lowest BCUT2D eigenvalue weighted by Gasteiger charge is -2.29. The van der Waals surface area contributed by atoms with Crippen molar-refractivity contribution < 1.29 is 13.5 Å². The summed E-state index contributed by atoms with van der Waals surface area (Å²) in [5, 5.41) is 9.69. The summed E-state index contributed by atoms with van der Waals surface area (Å²) in [5.74, 6) is 0.512. The van der Waals surface area contributed by atoms with Crippen LogP contribution in [-0.2, 0) is 10.2 Å². The number of phenolic OH excluding ortho intramolecular Hbond substituents is 1. The van der Waals surface area contributed by atoms with Gasteiger partial charge < -0.3 is 5.11 Å². The molecule has 2 rings (SSSR count). The molecular formula is C13H20N2O3S. The number of benzene rings is 1. The van der Waals surface area contributed by atoms with Crippen molar-refractivity contribution >= 4 is 15.9 Å². The van der Waals surface area contributed by atoms with E-state index in [4.69, 9.17) is 0 Å². The third kappa shape index (κ3) is 3.39. The quantitative estimate of drug-likeness (QED) is 0.835. The molecule has 0 aromatic heterocycles. The van der Waals surface area contributed by atoms with Gasteiger partial charge in [-0.25, -0.2) is 0 Å². The molecule has 1 saturated heterocycles. The molecule has 1 aromatic carbocycles. The first kappa shape index (κ1) is 14.1. The Kier molecular flexibility index (Phi) is 4.01. The van der Waals surface area contributed by atoms with E-state index < -0.39 is 10.2 Å². The van der Waals surface area contributed by atoms with Gasteiger partial charge in [0.15, 0.2) is 0 Å². The number of hydrogen-bond donors (Lipinski definition) is 2. The van der Waals surface area contributed by atoms with Gasteiger partial charge in [-0.05, 0) is 43.4 Å². The first-order chi connectivity index (χ1) is 8.88. The van der Waals surface area contributed by atoms with Crippen molar-refractivity contribution in [2.45, 2.75) is 26.7 Å². The Morgan fingerprint density at radius 3 is 2.58 bits per heavy atom. The molecule has 0 radical (unpaired) electrons. The van der Waals surface area contributed by atoms with Gasteiger partial charge in [-0.2, -0.15) is 12.7 Å². The van der Waals surface area contributed by atoms with Crippen molar-refractivity contribution in [1.29, 1.82) is 0 Å². The minimum absolute atomic E-state index is 0.0560. The van der Waals surface area contributed by atoms with Gasteiger partial charge in [0.1, 0.15) is 5.75 Å². The number of anilines is 1. The van der Waals surface area contributed by atoms with Crippen LogP contribution in [0.2, 0.25) is 0 Å². The van der Waals surface area contributed by atoms with Gasteiger partial charge in [0.25, 0.3) is 0 Å². The predicted octanol–water partition coefficient (Wildman–Crippen LogP) is 2.09. The molecule has 106 valence electrons. The second-order valence-electron chi connectivity index (χ2n) is 5.21. The number of rotatable bonds is 3. The van der Waals surface area contributed by atoms with E-state index in [9.17, 15) is 13.5 Å². The molecule has 0 unspecified atom stereocenters. The van der Waals surface area contributed by atoms with Gasteiger partial charge in [-0.3, -0.25) is 4.72 Å². The normalized spacial score (nSPS) is 18.4. The second-order valence-corrected chi connectivity index (χ2v) is 6.88. The molecule has 2 N–H and O–H groups in total. The van der Waals surface area contributed by atoms with Crippen LogP contribution in [-0.4, -0.2) is 30.9 Å². The maximum atomic E-state index is 12.2. The summed E-state index contributed by atoms with van der Waals surface area (Å²) in [7, 11) is -3.58. The molecule has 0 aliphatic carbocycles. The average Bonchev–Trinajstić information content (AvgIpc) is 2.34. The lowest BCUT2D eigenvalue weighted by atomic mass is 10.0. The molecule has 6 heteroatoms. The molecule has 0 bridgehead atoms. The largest absolute Gasteiger partial charge is 0.506 e. The number of hydrogen-bond acceptors (Lipinski definition) is 3. The first-order valence-electron chi connectivity index (χ1n) is 6.46. The number of nitrogens with zero attached hydrogens (tertiary/aromatic N) is 1. The van der Waals surface area contributed by atoms with E-state index in [0.717, 1.165) is 18.4 Å². The van der Waals surface area contributed by atoms with E-state index in [1.54, 1.807) is 12.1 Å². The summed E-state index contributed by atoms with van der Waals surface area (Å²) in [6, 6.07) is 4.85. The Labute approximate surface area is 114 Å². The zero-order valence-corrected chi connectivity index (χ0v) is 12.1. The number of aromatic hydroxyl groups is 1. The van der Waals surface area contributed by atoms with Crippen molar-refractivity contribution in [1.82, 2.24) is 4.31 Å². The number of aryl methyl sites for hydroxylation is 1. The van der Waals surface area contributed by atoms with E-state index in [-0.39, 0.29) is 11.4 Å². The summed E-state index contributed by atoms with van der Waals surface area (Å²) >= 11 is 0. The molecule has 0 amide bonds. The fraction of sp³-hybridized carbons (Fsp3) is 0.538. The van der Waals surface area contributed by atoms with Crippen molar-refractivity contribution in [3.63, 3.8) is 0 Å².